The molecule has 4 nitrogen and oxygen atoms in total. The van der Waals surface area contributed by atoms with Crippen LogP contribution in [-0.2, 0) is 0 Å². The number of thiocarbonyl (C=S) groups is 1. The molecule has 0 aromatic heterocycles. The van der Waals surface area contributed by atoms with Crippen LogP contribution < -0.4 is 14.8 Å². The van der Waals surface area contributed by atoms with Gasteiger partial charge in [-0.05, 0) is 38.2 Å². The van der Waals surface area contributed by atoms with Crippen molar-refractivity contribution in [2.24, 2.45) is 0 Å². The Kier molecular flexibility index (Phi) is 4.85. The molecule has 2 N–H and O–H groups in total. The Morgan fingerprint density at radius 1 is 1.25 bits per heavy atom. The van der Waals surface area contributed by atoms with Crippen molar-refractivity contribution in [3.05, 3.63) is 18.2 Å². The third-order valence-electron chi connectivity index (χ3n) is 1.79. The van der Waals surface area contributed by atoms with Crippen LogP contribution in [0.5, 0.6) is 11.5 Å². The van der Waals surface area contributed by atoms with Crippen molar-refractivity contribution in [1.29, 1.82) is 0 Å². The number of aliphatic hydroxyl groups excluding tert-OH is 1. The van der Waals surface area contributed by atoms with Crippen molar-refractivity contribution in [2.45, 2.75) is 13.8 Å². The Morgan fingerprint density at radius 3 is 2.44 bits per heavy atom. The zero-order valence-electron chi connectivity index (χ0n) is 9.32. The van der Waals surface area contributed by atoms with Crippen LogP contribution in [0.3, 0.4) is 0 Å². The van der Waals surface area contributed by atoms with Gasteiger partial charge in [0.05, 0.1) is 13.2 Å². The van der Waals surface area contributed by atoms with Gasteiger partial charge in [-0.15, -0.1) is 0 Å². The van der Waals surface area contributed by atoms with Gasteiger partial charge >= 0.3 is 0 Å². The van der Waals surface area contributed by atoms with E-state index in [1.807, 2.05) is 13.8 Å². The molecule has 0 radical (unpaired) electrons. The summed E-state index contributed by atoms with van der Waals surface area (Å²) in [4.78, 5) is 0. The van der Waals surface area contributed by atoms with E-state index in [2.05, 4.69) is 17.5 Å². The molecule has 0 saturated heterocycles. The van der Waals surface area contributed by atoms with Crippen molar-refractivity contribution in [2.75, 3.05) is 18.5 Å². The molecule has 16 heavy (non-hydrogen) atoms. The largest absolute Gasteiger partial charge is 0.490 e. The molecule has 0 aliphatic carbocycles. The minimum Gasteiger partial charge on any atom is -0.490 e. The summed E-state index contributed by atoms with van der Waals surface area (Å²) in [5, 5.41) is 11.3. The second-order valence-electron chi connectivity index (χ2n) is 2.96. The van der Waals surface area contributed by atoms with E-state index in [1.165, 1.54) is 0 Å². The number of anilines is 1. The van der Waals surface area contributed by atoms with Gasteiger partial charge in [0.25, 0.3) is 5.17 Å². The zero-order chi connectivity index (χ0) is 12.0. The predicted octanol–water partition coefficient (Wildman–Crippen LogP) is 2.74. The fraction of sp³-hybridized carbons (Fsp3) is 0.364. The number of aliphatic hydroxyl groups is 1. The van der Waals surface area contributed by atoms with E-state index in [1.54, 1.807) is 18.2 Å². The highest BCUT2D eigenvalue weighted by Crippen LogP contribution is 2.30. The van der Waals surface area contributed by atoms with Gasteiger partial charge in [0, 0.05) is 11.8 Å². The maximum absolute atomic E-state index is 8.95. The maximum atomic E-state index is 8.95. The lowest BCUT2D eigenvalue weighted by molar-refractivity contribution is 0.288. The first-order chi connectivity index (χ1) is 7.67. The third-order valence-corrected chi connectivity index (χ3v) is 1.90. The number of ether oxygens (including phenoxy) is 2. The number of hydrogen-bond donors (Lipinski definition) is 2. The topological polar surface area (TPSA) is 50.7 Å². The van der Waals surface area contributed by atoms with Crippen LogP contribution >= 0.6 is 12.2 Å². The van der Waals surface area contributed by atoms with E-state index >= 15 is 0 Å². The summed E-state index contributed by atoms with van der Waals surface area (Å²) in [6.07, 6.45) is 0. The average molecular weight is 241 g/mol. The van der Waals surface area contributed by atoms with Gasteiger partial charge in [-0.3, -0.25) is 0 Å². The Hall–Kier alpha value is -1.49. The molecule has 0 saturated carbocycles. The fourth-order valence-electron chi connectivity index (χ4n) is 1.25. The summed E-state index contributed by atoms with van der Waals surface area (Å²) in [5.74, 6) is 1.31. The van der Waals surface area contributed by atoms with Gasteiger partial charge in [0.2, 0.25) is 0 Å². The second kappa shape index (κ2) is 6.17. The molecule has 0 aliphatic heterocycles. The molecule has 5 heteroatoms. The highest BCUT2D eigenvalue weighted by atomic mass is 32.1. The van der Waals surface area contributed by atoms with Crippen molar-refractivity contribution in [3.63, 3.8) is 0 Å². The summed E-state index contributed by atoms with van der Waals surface area (Å²) < 4.78 is 10.8. The van der Waals surface area contributed by atoms with Gasteiger partial charge in [0.1, 0.15) is 0 Å². The lowest BCUT2D eigenvalue weighted by Crippen LogP contribution is -2.07. The van der Waals surface area contributed by atoms with Gasteiger partial charge in [-0.25, -0.2) is 0 Å². The molecule has 1 aromatic carbocycles. The van der Waals surface area contributed by atoms with Crippen molar-refractivity contribution < 1.29 is 14.6 Å². The van der Waals surface area contributed by atoms with E-state index in [-0.39, 0.29) is 5.17 Å². The number of hydrogen-bond acceptors (Lipinski definition) is 3. The molecular weight excluding hydrogens is 226 g/mol. The molecule has 0 bridgehead atoms. The zero-order valence-corrected chi connectivity index (χ0v) is 10.1. The highest BCUT2D eigenvalue weighted by molar-refractivity contribution is 7.80. The van der Waals surface area contributed by atoms with E-state index in [9.17, 15) is 0 Å². The molecule has 1 aromatic rings. The minimum atomic E-state index is -0.272. The third kappa shape index (κ3) is 3.58. The lowest BCUT2D eigenvalue weighted by atomic mass is 10.3. The summed E-state index contributed by atoms with van der Waals surface area (Å²) in [6.45, 7) is 4.93. The van der Waals surface area contributed by atoms with E-state index in [0.717, 1.165) is 0 Å². The number of rotatable bonds is 5. The molecule has 0 aliphatic rings. The SMILES string of the molecule is CCOc1ccc(NC(O)=S)cc1OCC. The predicted molar refractivity (Wildman–Crippen MR) is 67.6 cm³/mol. The maximum Gasteiger partial charge on any atom is 0.258 e. The first-order valence-electron chi connectivity index (χ1n) is 5.07. The van der Waals surface area contributed by atoms with Gasteiger partial charge in [-0.1, -0.05) is 0 Å². The molecule has 1 rings (SSSR count). The van der Waals surface area contributed by atoms with Crippen LogP contribution in [0, 0.1) is 0 Å². The van der Waals surface area contributed by atoms with E-state index < -0.39 is 0 Å². The second-order valence-corrected chi connectivity index (χ2v) is 3.34. The van der Waals surface area contributed by atoms with Crippen LogP contribution in [0.15, 0.2) is 18.2 Å². The van der Waals surface area contributed by atoms with Gasteiger partial charge in [-0.2, -0.15) is 0 Å². The monoisotopic (exact) mass is 241 g/mol. The highest BCUT2D eigenvalue weighted by Gasteiger charge is 2.06. The van der Waals surface area contributed by atoms with E-state index in [0.29, 0.717) is 30.4 Å². The van der Waals surface area contributed by atoms with Crippen LogP contribution in [0.25, 0.3) is 0 Å². The number of nitrogens with one attached hydrogen (secondary N) is 1. The smallest absolute Gasteiger partial charge is 0.258 e. The standard InChI is InChI=1S/C11H15NO3S/c1-3-14-9-6-5-8(12-11(13)16)7-10(9)15-4-2/h5-7H,3-4H2,1-2H3,(H2,12,13,16). The normalized spacial score (nSPS) is 9.62. The molecule has 0 spiro atoms. The summed E-state index contributed by atoms with van der Waals surface area (Å²) in [6, 6.07) is 5.27. The Bertz CT molecular complexity index is 368. The first kappa shape index (κ1) is 12.6. The lowest BCUT2D eigenvalue weighted by Gasteiger charge is -2.12. The summed E-state index contributed by atoms with van der Waals surface area (Å²) in [5.41, 5.74) is 0.666. The first-order valence-corrected chi connectivity index (χ1v) is 5.47. The molecule has 0 atom stereocenters. The van der Waals surface area contributed by atoms with Crippen molar-refractivity contribution >= 4 is 23.1 Å². The molecule has 0 fully saturated rings. The average Bonchev–Trinajstić information content (AvgIpc) is 2.21. The Labute approximate surface area is 100 Å². The van der Waals surface area contributed by atoms with Crippen LogP contribution in [0.2, 0.25) is 0 Å². The minimum absolute atomic E-state index is 0.272. The van der Waals surface area contributed by atoms with Crippen LogP contribution in [0.4, 0.5) is 5.69 Å². The Balaban J connectivity index is 2.92. The molecule has 0 unspecified atom stereocenters. The quantitative estimate of drug-likeness (QED) is 0.776. The molecule has 0 heterocycles. The summed E-state index contributed by atoms with van der Waals surface area (Å²) >= 11 is 4.54. The van der Waals surface area contributed by atoms with E-state index in [4.69, 9.17) is 14.6 Å². The van der Waals surface area contributed by atoms with Crippen LogP contribution in [-0.4, -0.2) is 23.5 Å². The molecule has 0 amide bonds. The molecule has 88 valence electrons. The van der Waals surface area contributed by atoms with Crippen molar-refractivity contribution in [3.8, 4) is 11.5 Å². The van der Waals surface area contributed by atoms with Crippen LogP contribution in [0.1, 0.15) is 13.8 Å². The van der Waals surface area contributed by atoms with Gasteiger partial charge < -0.3 is 19.9 Å². The summed E-state index contributed by atoms with van der Waals surface area (Å²) in [7, 11) is 0. The van der Waals surface area contributed by atoms with Gasteiger partial charge in [0.15, 0.2) is 11.5 Å². The van der Waals surface area contributed by atoms with Crippen molar-refractivity contribution in [1.82, 2.24) is 0 Å². The fourth-order valence-corrected chi connectivity index (χ4v) is 1.37. The molecular formula is C11H15NO3S. The number of benzene rings is 1. The Morgan fingerprint density at radius 2 is 1.88 bits per heavy atom.